The summed E-state index contributed by atoms with van der Waals surface area (Å²) in [7, 11) is 0. The van der Waals surface area contributed by atoms with E-state index in [2.05, 4.69) is 0 Å². The summed E-state index contributed by atoms with van der Waals surface area (Å²) in [5, 5.41) is 0. The predicted molar refractivity (Wildman–Crippen MR) is 28.3 cm³/mol. The summed E-state index contributed by atoms with van der Waals surface area (Å²) in [6.07, 6.45) is 0.155. The number of hydrogen-bond acceptors (Lipinski definition) is 1. The van der Waals surface area contributed by atoms with Crippen LogP contribution in [0.15, 0.2) is 0 Å². The zero-order valence-corrected chi connectivity index (χ0v) is 4.86. The average Bonchev–Trinajstić information content (AvgIpc) is 1.57. The molecule has 2 heteroatoms. The number of carbonyl (C=O) groups excluding carboxylic acids is 1. The van der Waals surface area contributed by atoms with Gasteiger partial charge in [0.15, 0.2) is 0 Å². The molecule has 1 aliphatic rings. The lowest BCUT2D eigenvalue weighted by Crippen LogP contribution is -2.29. The summed E-state index contributed by atoms with van der Waals surface area (Å²) < 4.78 is 12.2. The van der Waals surface area contributed by atoms with Gasteiger partial charge in [0.2, 0.25) is 0 Å². The number of rotatable bonds is 1. The van der Waals surface area contributed by atoms with Gasteiger partial charge in [-0.15, -0.1) is 0 Å². The molecule has 0 aromatic heterocycles. The number of carbonyl (C=O) groups is 1. The van der Waals surface area contributed by atoms with Gasteiger partial charge in [0, 0.05) is 18.8 Å². The molecule has 8 heavy (non-hydrogen) atoms. The van der Waals surface area contributed by atoms with Crippen molar-refractivity contribution in [2.45, 2.75) is 25.9 Å². The second kappa shape index (κ2) is 1.84. The monoisotopic (exact) mass is 116 g/mol. The second-order valence-electron chi connectivity index (χ2n) is 2.38. The third kappa shape index (κ3) is 0.881. The van der Waals surface area contributed by atoms with Gasteiger partial charge in [-0.05, 0) is 6.92 Å². The van der Waals surface area contributed by atoms with Gasteiger partial charge in [0.25, 0.3) is 0 Å². The van der Waals surface area contributed by atoms with Gasteiger partial charge in [-0.2, -0.15) is 0 Å². The molecule has 0 spiro atoms. The van der Waals surface area contributed by atoms with Crippen molar-refractivity contribution in [3.8, 4) is 0 Å². The SMILES string of the molecule is CC(F)C1CC(=O)C1. The van der Waals surface area contributed by atoms with Crippen LogP contribution in [0.25, 0.3) is 0 Å². The van der Waals surface area contributed by atoms with E-state index in [1.165, 1.54) is 6.92 Å². The Labute approximate surface area is 47.9 Å². The number of ketones is 1. The van der Waals surface area contributed by atoms with E-state index in [0.29, 0.717) is 12.8 Å². The zero-order chi connectivity index (χ0) is 6.15. The molecular weight excluding hydrogens is 107 g/mol. The van der Waals surface area contributed by atoms with E-state index < -0.39 is 6.17 Å². The number of hydrogen-bond donors (Lipinski definition) is 0. The van der Waals surface area contributed by atoms with Gasteiger partial charge in [-0.1, -0.05) is 0 Å². The van der Waals surface area contributed by atoms with Crippen molar-refractivity contribution in [3.05, 3.63) is 0 Å². The molecule has 0 aromatic rings. The number of halogens is 1. The first kappa shape index (κ1) is 5.73. The van der Waals surface area contributed by atoms with Gasteiger partial charge in [0.1, 0.15) is 12.0 Å². The van der Waals surface area contributed by atoms with Crippen molar-refractivity contribution < 1.29 is 9.18 Å². The highest BCUT2D eigenvalue weighted by atomic mass is 19.1. The largest absolute Gasteiger partial charge is 0.300 e. The minimum Gasteiger partial charge on any atom is -0.300 e. The van der Waals surface area contributed by atoms with Gasteiger partial charge in [0.05, 0.1) is 0 Å². The molecule has 0 N–H and O–H groups in total. The van der Waals surface area contributed by atoms with E-state index in [9.17, 15) is 9.18 Å². The summed E-state index contributed by atoms with van der Waals surface area (Å²) in [5.41, 5.74) is 0. The van der Waals surface area contributed by atoms with Crippen LogP contribution in [-0.4, -0.2) is 12.0 Å². The van der Waals surface area contributed by atoms with Crippen molar-refractivity contribution in [3.63, 3.8) is 0 Å². The molecule has 46 valence electrons. The number of Topliss-reactive ketones (excluding diaryl/α,β-unsaturated/α-hetero) is 1. The molecule has 0 aromatic carbocycles. The lowest BCUT2D eigenvalue weighted by Gasteiger charge is -2.24. The van der Waals surface area contributed by atoms with Crippen LogP contribution in [0.3, 0.4) is 0 Å². The van der Waals surface area contributed by atoms with Crippen LogP contribution < -0.4 is 0 Å². The molecule has 1 fully saturated rings. The van der Waals surface area contributed by atoms with Crippen molar-refractivity contribution in [1.29, 1.82) is 0 Å². The molecule has 0 amide bonds. The van der Waals surface area contributed by atoms with Gasteiger partial charge < -0.3 is 0 Å². The Bertz CT molecular complexity index is 101. The molecule has 1 rings (SSSR count). The molecule has 1 nitrogen and oxygen atoms in total. The van der Waals surface area contributed by atoms with Crippen LogP contribution in [-0.2, 0) is 4.79 Å². The Morgan fingerprint density at radius 2 is 2.25 bits per heavy atom. The molecule has 0 heterocycles. The topological polar surface area (TPSA) is 17.1 Å². The van der Waals surface area contributed by atoms with E-state index in [4.69, 9.17) is 0 Å². The Balaban J connectivity index is 2.25. The fourth-order valence-electron chi connectivity index (χ4n) is 0.850. The van der Waals surface area contributed by atoms with Crippen molar-refractivity contribution in [2.75, 3.05) is 0 Å². The third-order valence-electron chi connectivity index (χ3n) is 1.63. The van der Waals surface area contributed by atoms with E-state index in [0.717, 1.165) is 0 Å². The zero-order valence-electron chi connectivity index (χ0n) is 4.86. The van der Waals surface area contributed by atoms with E-state index in [1.807, 2.05) is 0 Å². The standard InChI is InChI=1S/C6H9FO/c1-4(7)5-2-6(8)3-5/h4-5H,2-3H2,1H3. The maximum Gasteiger partial charge on any atom is 0.133 e. The molecule has 0 bridgehead atoms. The van der Waals surface area contributed by atoms with Crippen molar-refractivity contribution >= 4 is 5.78 Å². The first-order chi connectivity index (χ1) is 3.70. The number of alkyl halides is 1. The van der Waals surface area contributed by atoms with Crippen LogP contribution in [0.4, 0.5) is 4.39 Å². The summed E-state index contributed by atoms with van der Waals surface area (Å²) in [6, 6.07) is 0. The normalized spacial score (nSPS) is 25.0. The average molecular weight is 116 g/mol. The molecule has 1 unspecified atom stereocenters. The molecule has 0 aliphatic heterocycles. The summed E-state index contributed by atoms with van der Waals surface area (Å²) in [5.74, 6) is 0.252. The first-order valence-electron chi connectivity index (χ1n) is 2.86. The Hall–Kier alpha value is -0.400. The van der Waals surface area contributed by atoms with Gasteiger partial charge in [-0.25, -0.2) is 4.39 Å². The van der Waals surface area contributed by atoms with Crippen LogP contribution in [0, 0.1) is 5.92 Å². The molecule has 0 radical (unpaired) electrons. The summed E-state index contributed by atoms with van der Waals surface area (Å²) in [4.78, 5) is 10.2. The quantitative estimate of drug-likeness (QED) is 0.505. The van der Waals surface area contributed by atoms with Crippen molar-refractivity contribution in [1.82, 2.24) is 0 Å². The van der Waals surface area contributed by atoms with Crippen LogP contribution in [0.5, 0.6) is 0 Å². The fourth-order valence-corrected chi connectivity index (χ4v) is 0.850. The maximum atomic E-state index is 12.2. The fraction of sp³-hybridized carbons (Fsp3) is 0.833. The smallest absolute Gasteiger partial charge is 0.133 e. The first-order valence-corrected chi connectivity index (χ1v) is 2.86. The molecule has 0 saturated heterocycles. The highest BCUT2D eigenvalue weighted by Gasteiger charge is 2.30. The lowest BCUT2D eigenvalue weighted by molar-refractivity contribution is -0.128. The second-order valence-corrected chi connectivity index (χ2v) is 2.38. The minimum absolute atomic E-state index is 0.0440. The molecule has 1 saturated carbocycles. The lowest BCUT2D eigenvalue weighted by atomic mass is 9.81. The highest BCUT2D eigenvalue weighted by molar-refractivity contribution is 5.84. The van der Waals surface area contributed by atoms with Crippen LogP contribution in [0.2, 0.25) is 0 Å². The van der Waals surface area contributed by atoms with E-state index in [1.54, 1.807) is 0 Å². The van der Waals surface area contributed by atoms with Crippen molar-refractivity contribution in [2.24, 2.45) is 5.92 Å². The van der Waals surface area contributed by atoms with Gasteiger partial charge in [-0.3, -0.25) is 4.79 Å². The molecule has 1 aliphatic carbocycles. The van der Waals surface area contributed by atoms with E-state index in [-0.39, 0.29) is 11.7 Å². The maximum absolute atomic E-state index is 12.2. The predicted octanol–water partition coefficient (Wildman–Crippen LogP) is 1.32. The highest BCUT2D eigenvalue weighted by Crippen LogP contribution is 2.27. The Morgan fingerprint density at radius 1 is 1.75 bits per heavy atom. The van der Waals surface area contributed by atoms with Crippen LogP contribution >= 0.6 is 0 Å². The van der Waals surface area contributed by atoms with Gasteiger partial charge >= 0.3 is 0 Å². The molecular formula is C6H9FO. The Morgan fingerprint density at radius 3 is 2.38 bits per heavy atom. The molecule has 1 atom stereocenters. The van der Waals surface area contributed by atoms with Crippen LogP contribution in [0.1, 0.15) is 19.8 Å². The Kier molecular flexibility index (Phi) is 1.32. The summed E-state index contributed by atoms with van der Waals surface area (Å²) >= 11 is 0. The third-order valence-corrected chi connectivity index (χ3v) is 1.63. The minimum atomic E-state index is -0.785. The summed E-state index contributed by atoms with van der Waals surface area (Å²) in [6.45, 7) is 1.51. The van der Waals surface area contributed by atoms with E-state index >= 15 is 0 Å².